The van der Waals surface area contributed by atoms with Crippen molar-refractivity contribution in [2.24, 2.45) is 4.99 Å². The number of guanidine groups is 1. The second-order valence-electron chi connectivity index (χ2n) is 6.09. The lowest BCUT2D eigenvalue weighted by molar-refractivity contribution is 0.219. The van der Waals surface area contributed by atoms with Gasteiger partial charge in [-0.2, -0.15) is 0 Å². The molecule has 0 radical (unpaired) electrons. The Balaban J connectivity index is 2.07. The maximum atomic E-state index is 4.70. The van der Waals surface area contributed by atoms with Gasteiger partial charge in [0.05, 0.1) is 12.6 Å². The summed E-state index contributed by atoms with van der Waals surface area (Å²) >= 11 is 1.70. The van der Waals surface area contributed by atoms with E-state index < -0.39 is 0 Å². The van der Waals surface area contributed by atoms with Crippen molar-refractivity contribution < 1.29 is 0 Å². The number of aromatic nitrogens is 1. The number of nitrogens with one attached hydrogen (secondary N) is 2. The Labute approximate surface area is 161 Å². The molecule has 142 valence electrons. The lowest BCUT2D eigenvalue weighted by Gasteiger charge is -2.30. The van der Waals surface area contributed by atoms with Crippen LogP contribution in [0.2, 0.25) is 0 Å². The third-order valence-electron chi connectivity index (χ3n) is 4.29. The largest absolute Gasteiger partial charge is 0.357 e. The van der Waals surface area contributed by atoms with Crippen LogP contribution in [-0.4, -0.2) is 42.0 Å². The topological polar surface area (TPSA) is 52.6 Å². The SMILES string of the molecule is CCNC(=NCc1ncc(C)s1)NCC(c1ccccc1)N(CC)CC. The Morgan fingerprint density at radius 2 is 1.88 bits per heavy atom. The summed E-state index contributed by atoms with van der Waals surface area (Å²) in [5.74, 6) is 0.841. The molecule has 0 bridgehead atoms. The Bertz CT molecular complexity index is 664. The highest BCUT2D eigenvalue weighted by atomic mass is 32.1. The number of hydrogen-bond acceptors (Lipinski definition) is 4. The Morgan fingerprint density at radius 3 is 2.46 bits per heavy atom. The van der Waals surface area contributed by atoms with Gasteiger partial charge in [0.25, 0.3) is 0 Å². The number of aliphatic imine (C=N–C) groups is 1. The molecule has 0 aliphatic heterocycles. The molecule has 0 aliphatic rings. The number of rotatable bonds is 9. The third kappa shape index (κ3) is 6.11. The van der Waals surface area contributed by atoms with Crippen LogP contribution in [0.4, 0.5) is 0 Å². The molecule has 26 heavy (non-hydrogen) atoms. The number of hydrogen-bond donors (Lipinski definition) is 2. The van der Waals surface area contributed by atoms with Gasteiger partial charge in [-0.1, -0.05) is 44.2 Å². The van der Waals surface area contributed by atoms with Crippen LogP contribution in [0.1, 0.15) is 42.3 Å². The molecule has 1 heterocycles. The van der Waals surface area contributed by atoms with Gasteiger partial charge < -0.3 is 10.6 Å². The second-order valence-corrected chi connectivity index (χ2v) is 7.41. The van der Waals surface area contributed by atoms with Crippen molar-refractivity contribution in [3.8, 4) is 0 Å². The Kier molecular flexibility index (Phi) is 8.58. The maximum absolute atomic E-state index is 4.70. The molecule has 0 aliphatic carbocycles. The van der Waals surface area contributed by atoms with E-state index in [2.05, 4.69) is 78.5 Å². The number of aryl methyl sites for hydroxylation is 1. The van der Waals surface area contributed by atoms with Crippen LogP contribution in [0.5, 0.6) is 0 Å². The van der Waals surface area contributed by atoms with E-state index >= 15 is 0 Å². The summed E-state index contributed by atoms with van der Waals surface area (Å²) in [6.45, 7) is 12.9. The molecule has 1 atom stereocenters. The highest BCUT2D eigenvalue weighted by Gasteiger charge is 2.18. The molecule has 5 nitrogen and oxygen atoms in total. The van der Waals surface area contributed by atoms with Gasteiger partial charge in [-0.25, -0.2) is 9.98 Å². The molecule has 0 spiro atoms. The maximum Gasteiger partial charge on any atom is 0.191 e. The molecule has 0 saturated carbocycles. The predicted octanol–water partition coefficient (Wildman–Crippen LogP) is 3.59. The highest BCUT2D eigenvalue weighted by molar-refractivity contribution is 7.11. The fourth-order valence-electron chi connectivity index (χ4n) is 2.95. The summed E-state index contributed by atoms with van der Waals surface area (Å²) in [7, 11) is 0. The van der Waals surface area contributed by atoms with Crippen LogP contribution >= 0.6 is 11.3 Å². The van der Waals surface area contributed by atoms with Gasteiger partial charge in [-0.05, 0) is 32.5 Å². The van der Waals surface area contributed by atoms with Gasteiger partial charge in [0.2, 0.25) is 0 Å². The van der Waals surface area contributed by atoms with Gasteiger partial charge in [0, 0.05) is 24.2 Å². The molecule has 2 rings (SSSR count). The van der Waals surface area contributed by atoms with Crippen molar-refractivity contribution in [3.05, 3.63) is 52.0 Å². The first-order chi connectivity index (χ1) is 12.7. The number of benzene rings is 1. The molecule has 1 aromatic heterocycles. The van der Waals surface area contributed by atoms with Gasteiger partial charge in [0.15, 0.2) is 5.96 Å². The lowest BCUT2D eigenvalue weighted by atomic mass is 10.1. The zero-order valence-corrected chi connectivity index (χ0v) is 17.1. The average Bonchev–Trinajstić information content (AvgIpc) is 3.09. The summed E-state index contributed by atoms with van der Waals surface area (Å²) in [4.78, 5) is 12.8. The van der Waals surface area contributed by atoms with E-state index in [1.54, 1.807) is 11.3 Å². The van der Waals surface area contributed by atoms with Gasteiger partial charge in [-0.15, -0.1) is 11.3 Å². The number of nitrogens with zero attached hydrogens (tertiary/aromatic N) is 3. The molecule has 1 unspecified atom stereocenters. The summed E-state index contributed by atoms with van der Waals surface area (Å²) in [6.07, 6.45) is 1.90. The van der Waals surface area contributed by atoms with E-state index in [1.807, 2.05) is 6.20 Å². The van der Waals surface area contributed by atoms with Crippen LogP contribution < -0.4 is 10.6 Å². The van der Waals surface area contributed by atoms with Gasteiger partial charge in [0.1, 0.15) is 5.01 Å². The number of thiazole rings is 1. The molecule has 0 saturated heterocycles. The van der Waals surface area contributed by atoms with Crippen molar-refractivity contribution in [1.82, 2.24) is 20.5 Å². The van der Waals surface area contributed by atoms with Crippen LogP contribution in [0.25, 0.3) is 0 Å². The Morgan fingerprint density at radius 1 is 1.15 bits per heavy atom. The number of likely N-dealkylation sites (N-methyl/N-ethyl adjacent to an activating group) is 1. The van der Waals surface area contributed by atoms with Crippen molar-refractivity contribution in [2.75, 3.05) is 26.2 Å². The van der Waals surface area contributed by atoms with Crippen molar-refractivity contribution in [3.63, 3.8) is 0 Å². The first kappa shape index (κ1) is 20.4. The third-order valence-corrected chi connectivity index (χ3v) is 5.18. The molecular formula is C20H31N5S. The van der Waals surface area contributed by atoms with E-state index in [1.165, 1.54) is 10.4 Å². The highest BCUT2D eigenvalue weighted by Crippen LogP contribution is 2.19. The van der Waals surface area contributed by atoms with Gasteiger partial charge >= 0.3 is 0 Å². The molecule has 2 N–H and O–H groups in total. The summed E-state index contributed by atoms with van der Waals surface area (Å²) in [6, 6.07) is 11.0. The van der Waals surface area contributed by atoms with Crippen LogP contribution in [0.15, 0.2) is 41.5 Å². The minimum Gasteiger partial charge on any atom is -0.357 e. The second kappa shape index (κ2) is 10.9. The zero-order valence-electron chi connectivity index (χ0n) is 16.3. The molecule has 2 aromatic rings. The van der Waals surface area contributed by atoms with E-state index in [0.29, 0.717) is 12.6 Å². The van der Waals surface area contributed by atoms with Crippen LogP contribution in [-0.2, 0) is 6.54 Å². The molecule has 0 fully saturated rings. The van der Waals surface area contributed by atoms with Crippen molar-refractivity contribution in [1.29, 1.82) is 0 Å². The van der Waals surface area contributed by atoms with E-state index in [4.69, 9.17) is 4.99 Å². The quantitative estimate of drug-likeness (QED) is 0.521. The predicted molar refractivity (Wildman–Crippen MR) is 112 cm³/mol. The molecule has 6 heteroatoms. The summed E-state index contributed by atoms with van der Waals surface area (Å²) in [5, 5.41) is 7.90. The van der Waals surface area contributed by atoms with E-state index in [9.17, 15) is 0 Å². The summed E-state index contributed by atoms with van der Waals surface area (Å²) < 4.78 is 0. The average molecular weight is 374 g/mol. The van der Waals surface area contributed by atoms with E-state index in [0.717, 1.165) is 37.1 Å². The van der Waals surface area contributed by atoms with Crippen molar-refractivity contribution in [2.45, 2.75) is 40.3 Å². The monoisotopic (exact) mass is 373 g/mol. The van der Waals surface area contributed by atoms with Crippen LogP contribution in [0, 0.1) is 6.92 Å². The molecule has 1 aromatic carbocycles. The minimum atomic E-state index is 0.317. The first-order valence-electron chi connectivity index (χ1n) is 9.40. The fraction of sp³-hybridized carbons (Fsp3) is 0.500. The normalized spacial score (nSPS) is 13.0. The Hall–Kier alpha value is -1.92. The smallest absolute Gasteiger partial charge is 0.191 e. The van der Waals surface area contributed by atoms with E-state index in [-0.39, 0.29) is 0 Å². The first-order valence-corrected chi connectivity index (χ1v) is 10.2. The van der Waals surface area contributed by atoms with Gasteiger partial charge in [-0.3, -0.25) is 4.90 Å². The molecular weight excluding hydrogens is 342 g/mol. The minimum absolute atomic E-state index is 0.317. The van der Waals surface area contributed by atoms with Crippen LogP contribution in [0.3, 0.4) is 0 Å². The lowest BCUT2D eigenvalue weighted by Crippen LogP contribution is -2.43. The van der Waals surface area contributed by atoms with Crippen molar-refractivity contribution >= 4 is 17.3 Å². The zero-order chi connectivity index (χ0) is 18.8. The summed E-state index contributed by atoms with van der Waals surface area (Å²) in [5.41, 5.74) is 1.33. The molecule has 0 amide bonds. The standard InChI is InChI=1S/C20H31N5S/c1-5-21-20(24-15-19-22-13-16(4)26-19)23-14-18(25(6-2)7-3)17-11-9-8-10-12-17/h8-13,18H,5-7,14-15H2,1-4H3,(H2,21,23,24). The fourth-order valence-corrected chi connectivity index (χ4v) is 3.67.